The van der Waals surface area contributed by atoms with E-state index >= 15 is 0 Å². The normalized spacial score (nSPS) is 13.6. The molecule has 0 heterocycles. The van der Waals surface area contributed by atoms with Crippen LogP contribution in [0.25, 0.3) is 0 Å². The second-order valence-corrected chi connectivity index (χ2v) is 3.46. The summed E-state index contributed by atoms with van der Waals surface area (Å²) in [7, 11) is 0. The second kappa shape index (κ2) is 4.12. The van der Waals surface area contributed by atoms with Gasteiger partial charge in [0.2, 0.25) is 0 Å². The largest absolute Gasteiger partial charge is 0.312 e. The van der Waals surface area contributed by atoms with Crippen LogP contribution in [0.1, 0.15) is 20.3 Å². The summed E-state index contributed by atoms with van der Waals surface area (Å²) in [5, 5.41) is 7.08. The van der Waals surface area contributed by atoms with Gasteiger partial charge in [-0.1, -0.05) is 26.0 Å². The Morgan fingerprint density at radius 2 is 2.00 bits per heavy atom. The lowest BCUT2D eigenvalue weighted by Crippen LogP contribution is -2.13. The van der Waals surface area contributed by atoms with E-state index in [0.717, 1.165) is 6.42 Å². The van der Waals surface area contributed by atoms with Gasteiger partial charge in [-0.05, 0) is 11.8 Å². The van der Waals surface area contributed by atoms with Crippen molar-refractivity contribution in [3.8, 4) is 0 Å². The summed E-state index contributed by atoms with van der Waals surface area (Å²) in [6, 6.07) is 0. The summed E-state index contributed by atoms with van der Waals surface area (Å²) in [5.74, 6) is 0.183. The topological polar surface area (TPSA) is 23.9 Å². The number of rotatable bonds is 5. The summed E-state index contributed by atoms with van der Waals surface area (Å²) in [6.45, 7) is 11.6. The van der Waals surface area contributed by atoms with Crippen molar-refractivity contribution >= 4 is 6.21 Å². The van der Waals surface area contributed by atoms with Crippen LogP contribution in [0.3, 0.4) is 0 Å². The third-order valence-corrected chi connectivity index (χ3v) is 1.83. The Kier molecular flexibility index (Phi) is 3.80. The van der Waals surface area contributed by atoms with Gasteiger partial charge >= 0.3 is 0 Å². The minimum absolute atomic E-state index is 0.108. The zero-order chi connectivity index (χ0) is 8.91. The SMILES string of the molecule is C=CC(C=N)CC(C)(C)C=C. The molecule has 0 fully saturated rings. The molecule has 1 heteroatoms. The van der Waals surface area contributed by atoms with Crippen molar-refractivity contribution in [2.24, 2.45) is 11.3 Å². The van der Waals surface area contributed by atoms with E-state index in [1.165, 1.54) is 6.21 Å². The zero-order valence-corrected chi connectivity index (χ0v) is 7.43. The summed E-state index contributed by atoms with van der Waals surface area (Å²) < 4.78 is 0. The Morgan fingerprint density at radius 3 is 2.27 bits per heavy atom. The van der Waals surface area contributed by atoms with Crippen molar-refractivity contribution in [1.29, 1.82) is 5.41 Å². The third kappa shape index (κ3) is 3.76. The van der Waals surface area contributed by atoms with Gasteiger partial charge in [-0.25, -0.2) is 0 Å². The molecule has 11 heavy (non-hydrogen) atoms. The van der Waals surface area contributed by atoms with Crippen molar-refractivity contribution in [2.75, 3.05) is 0 Å². The predicted molar refractivity (Wildman–Crippen MR) is 51.1 cm³/mol. The van der Waals surface area contributed by atoms with Crippen LogP contribution in [0.15, 0.2) is 25.3 Å². The molecule has 62 valence electrons. The minimum atomic E-state index is 0.108. The van der Waals surface area contributed by atoms with Gasteiger partial charge in [0.25, 0.3) is 0 Å². The van der Waals surface area contributed by atoms with E-state index < -0.39 is 0 Å². The first-order chi connectivity index (χ1) is 5.05. The molecule has 0 bridgehead atoms. The van der Waals surface area contributed by atoms with Crippen LogP contribution in [-0.4, -0.2) is 6.21 Å². The van der Waals surface area contributed by atoms with Gasteiger partial charge in [0, 0.05) is 12.1 Å². The number of hydrogen-bond acceptors (Lipinski definition) is 1. The van der Waals surface area contributed by atoms with E-state index in [2.05, 4.69) is 27.0 Å². The molecular formula is C10H17N. The molecule has 0 saturated heterocycles. The van der Waals surface area contributed by atoms with Gasteiger partial charge in [0.05, 0.1) is 0 Å². The average Bonchev–Trinajstić information content (AvgIpc) is 2.00. The van der Waals surface area contributed by atoms with E-state index in [1.54, 1.807) is 6.08 Å². The highest BCUT2D eigenvalue weighted by Gasteiger charge is 2.16. The fourth-order valence-corrected chi connectivity index (χ4v) is 0.901. The first-order valence-corrected chi connectivity index (χ1v) is 3.82. The van der Waals surface area contributed by atoms with E-state index in [-0.39, 0.29) is 11.3 Å². The van der Waals surface area contributed by atoms with Gasteiger partial charge in [-0.2, -0.15) is 0 Å². The second-order valence-electron chi connectivity index (χ2n) is 3.46. The van der Waals surface area contributed by atoms with Gasteiger partial charge in [-0.3, -0.25) is 0 Å². The molecule has 1 nitrogen and oxygen atoms in total. The van der Waals surface area contributed by atoms with Crippen molar-refractivity contribution in [3.05, 3.63) is 25.3 Å². The Bertz CT molecular complexity index is 148. The van der Waals surface area contributed by atoms with Crippen LogP contribution in [-0.2, 0) is 0 Å². The third-order valence-electron chi connectivity index (χ3n) is 1.83. The molecule has 0 rings (SSSR count). The lowest BCUT2D eigenvalue weighted by Gasteiger charge is -2.21. The average molecular weight is 151 g/mol. The van der Waals surface area contributed by atoms with Crippen molar-refractivity contribution in [1.82, 2.24) is 0 Å². The molecule has 0 aromatic carbocycles. The van der Waals surface area contributed by atoms with Crippen LogP contribution in [0, 0.1) is 16.7 Å². The van der Waals surface area contributed by atoms with E-state index in [0.29, 0.717) is 0 Å². The highest BCUT2D eigenvalue weighted by Crippen LogP contribution is 2.25. The van der Waals surface area contributed by atoms with Gasteiger partial charge in [-0.15, -0.1) is 13.2 Å². The molecule has 0 aromatic rings. The maximum Gasteiger partial charge on any atom is 0.0120 e. The quantitative estimate of drug-likeness (QED) is 0.461. The zero-order valence-electron chi connectivity index (χ0n) is 7.43. The van der Waals surface area contributed by atoms with E-state index in [1.807, 2.05) is 6.08 Å². The number of allylic oxidation sites excluding steroid dienone is 2. The molecule has 1 atom stereocenters. The molecule has 1 unspecified atom stereocenters. The maximum absolute atomic E-state index is 7.08. The molecule has 0 aliphatic rings. The van der Waals surface area contributed by atoms with Gasteiger partial charge in [0.15, 0.2) is 0 Å². The highest BCUT2D eigenvalue weighted by atomic mass is 14.4. The Balaban J connectivity index is 4.09. The van der Waals surface area contributed by atoms with E-state index in [9.17, 15) is 0 Å². The van der Waals surface area contributed by atoms with Crippen LogP contribution in [0.4, 0.5) is 0 Å². The first-order valence-electron chi connectivity index (χ1n) is 3.82. The number of nitrogens with one attached hydrogen (secondary N) is 1. The summed E-state index contributed by atoms with van der Waals surface area (Å²) in [6.07, 6.45) is 6.08. The minimum Gasteiger partial charge on any atom is -0.312 e. The maximum atomic E-state index is 7.08. The molecule has 0 aromatic heterocycles. The predicted octanol–water partition coefficient (Wildman–Crippen LogP) is 3.04. The van der Waals surface area contributed by atoms with Gasteiger partial charge < -0.3 is 5.41 Å². The summed E-state index contributed by atoms with van der Waals surface area (Å²) in [4.78, 5) is 0. The fourth-order valence-electron chi connectivity index (χ4n) is 0.901. The smallest absolute Gasteiger partial charge is 0.0120 e. The number of hydrogen-bond donors (Lipinski definition) is 1. The summed E-state index contributed by atoms with van der Waals surface area (Å²) >= 11 is 0. The van der Waals surface area contributed by atoms with Crippen LogP contribution in [0.5, 0.6) is 0 Å². The Hall–Kier alpha value is -0.850. The lowest BCUT2D eigenvalue weighted by atomic mass is 9.83. The van der Waals surface area contributed by atoms with Crippen LogP contribution >= 0.6 is 0 Å². The van der Waals surface area contributed by atoms with Crippen LogP contribution < -0.4 is 0 Å². The molecular weight excluding hydrogens is 134 g/mol. The standard InChI is InChI=1S/C10H17N/c1-5-9(8-11)7-10(3,4)6-2/h5-6,8-9,11H,1-2,7H2,3-4H3. The molecule has 0 amide bonds. The molecule has 0 aliphatic carbocycles. The lowest BCUT2D eigenvalue weighted by molar-refractivity contribution is 0.417. The van der Waals surface area contributed by atoms with E-state index in [4.69, 9.17) is 5.41 Å². The van der Waals surface area contributed by atoms with Crippen molar-refractivity contribution < 1.29 is 0 Å². The fraction of sp³-hybridized carbons (Fsp3) is 0.500. The Morgan fingerprint density at radius 1 is 1.45 bits per heavy atom. The molecule has 0 aliphatic heterocycles. The van der Waals surface area contributed by atoms with Crippen molar-refractivity contribution in [2.45, 2.75) is 20.3 Å². The monoisotopic (exact) mass is 151 g/mol. The van der Waals surface area contributed by atoms with Gasteiger partial charge in [0.1, 0.15) is 0 Å². The molecule has 0 saturated carbocycles. The molecule has 1 N–H and O–H groups in total. The molecule has 0 radical (unpaired) electrons. The Labute approximate surface area is 69.3 Å². The molecule has 0 spiro atoms. The van der Waals surface area contributed by atoms with Crippen LogP contribution in [0.2, 0.25) is 0 Å². The highest BCUT2D eigenvalue weighted by molar-refractivity contribution is 5.59. The first kappa shape index (κ1) is 10.2. The van der Waals surface area contributed by atoms with Crippen molar-refractivity contribution in [3.63, 3.8) is 0 Å². The summed E-state index contributed by atoms with van der Waals surface area (Å²) in [5.41, 5.74) is 0.108.